The lowest BCUT2D eigenvalue weighted by Gasteiger charge is -2.37. The molecule has 2 aliphatic rings. The van der Waals surface area contributed by atoms with E-state index in [2.05, 4.69) is 17.5 Å². The van der Waals surface area contributed by atoms with E-state index in [1.165, 1.54) is 23.9 Å². The van der Waals surface area contributed by atoms with Gasteiger partial charge in [0.25, 0.3) is 5.69 Å². The number of carbonyl (C=O) groups is 1. The molecule has 7 heteroatoms. The highest BCUT2D eigenvalue weighted by Crippen LogP contribution is 2.58. The summed E-state index contributed by atoms with van der Waals surface area (Å²) in [5.74, 6) is 0.0446. The predicted molar refractivity (Wildman–Crippen MR) is 112 cm³/mol. The van der Waals surface area contributed by atoms with Crippen molar-refractivity contribution >= 4 is 40.6 Å². The van der Waals surface area contributed by atoms with Crippen molar-refractivity contribution in [1.82, 2.24) is 0 Å². The van der Waals surface area contributed by atoms with Gasteiger partial charge in [-0.25, -0.2) is 0 Å². The summed E-state index contributed by atoms with van der Waals surface area (Å²) in [6.07, 6.45) is 5.02. The number of halogens is 1. The second-order valence-corrected chi connectivity index (χ2v) is 9.08. The summed E-state index contributed by atoms with van der Waals surface area (Å²) < 4.78 is -0.859. The van der Waals surface area contributed by atoms with E-state index in [4.69, 9.17) is 11.6 Å². The molecule has 0 aromatic heterocycles. The molecule has 1 N–H and O–H groups in total. The van der Waals surface area contributed by atoms with Crippen molar-refractivity contribution in [2.45, 2.75) is 28.4 Å². The number of anilines is 1. The molecule has 0 spiro atoms. The average Bonchev–Trinajstić information content (AvgIpc) is 3.26. The van der Waals surface area contributed by atoms with Crippen molar-refractivity contribution < 1.29 is 9.72 Å². The first-order valence-electron chi connectivity index (χ1n) is 9.04. The molecular weight excluding hydrogens is 396 g/mol. The zero-order valence-electron chi connectivity index (χ0n) is 15.2. The Kier molecular flexibility index (Phi) is 4.93. The molecule has 4 rings (SSSR count). The lowest BCUT2D eigenvalue weighted by molar-refractivity contribution is -0.384. The van der Waals surface area contributed by atoms with Crippen LogP contribution in [0.3, 0.4) is 0 Å². The Morgan fingerprint density at radius 2 is 1.86 bits per heavy atom. The van der Waals surface area contributed by atoms with E-state index < -0.39 is 9.67 Å². The number of nitro benzene ring substituents is 1. The Balaban J connectivity index is 1.65. The molecule has 2 aliphatic carbocycles. The minimum absolute atomic E-state index is 0.0191. The fourth-order valence-electron chi connectivity index (χ4n) is 3.95. The molecule has 4 atom stereocenters. The highest BCUT2D eigenvalue weighted by atomic mass is 35.5. The van der Waals surface area contributed by atoms with Crippen molar-refractivity contribution in [2.75, 3.05) is 5.32 Å². The Labute approximate surface area is 172 Å². The molecule has 1 fully saturated rings. The molecule has 0 saturated heterocycles. The summed E-state index contributed by atoms with van der Waals surface area (Å²) in [4.78, 5) is 24.7. The molecule has 1 amide bonds. The third-order valence-corrected chi connectivity index (χ3v) is 7.84. The van der Waals surface area contributed by atoms with Crippen LogP contribution in [0.2, 0.25) is 0 Å². The molecule has 1 saturated carbocycles. The van der Waals surface area contributed by atoms with Crippen molar-refractivity contribution in [1.29, 1.82) is 0 Å². The Hall–Kier alpha value is -2.31. The lowest BCUT2D eigenvalue weighted by Crippen LogP contribution is -2.50. The Bertz CT molecular complexity index is 945. The quantitative estimate of drug-likeness (QED) is 0.316. The zero-order chi connectivity index (χ0) is 19.9. The Morgan fingerprint density at radius 3 is 2.43 bits per heavy atom. The first-order chi connectivity index (χ1) is 13.4. The summed E-state index contributed by atoms with van der Waals surface area (Å²) in [7, 11) is 0. The van der Waals surface area contributed by atoms with Gasteiger partial charge in [-0.2, -0.15) is 0 Å². The van der Waals surface area contributed by atoms with Gasteiger partial charge < -0.3 is 5.32 Å². The smallest absolute Gasteiger partial charge is 0.269 e. The number of nitrogens with one attached hydrogen (secondary N) is 1. The van der Waals surface area contributed by atoms with Gasteiger partial charge in [-0.3, -0.25) is 14.9 Å². The maximum absolute atomic E-state index is 13.4. The van der Waals surface area contributed by atoms with Crippen LogP contribution in [-0.2, 0) is 4.79 Å². The fraction of sp³-hybridized carbons (Fsp3) is 0.286. The number of non-ortho nitro benzene ring substituents is 1. The van der Waals surface area contributed by atoms with Crippen molar-refractivity contribution in [3.8, 4) is 0 Å². The zero-order valence-corrected chi connectivity index (χ0v) is 16.7. The number of rotatable bonds is 5. The number of hydrogen-bond donors (Lipinski definition) is 1. The summed E-state index contributed by atoms with van der Waals surface area (Å²) in [5.41, 5.74) is 1.87. The van der Waals surface area contributed by atoms with Gasteiger partial charge in [-0.05, 0) is 43.5 Å². The van der Waals surface area contributed by atoms with Crippen LogP contribution >= 0.6 is 23.4 Å². The summed E-state index contributed by atoms with van der Waals surface area (Å²) in [6.45, 7) is 1.99. The molecule has 2 aromatic carbocycles. The third kappa shape index (κ3) is 3.20. The molecule has 144 valence electrons. The van der Waals surface area contributed by atoms with Gasteiger partial charge in [0.05, 0.1) is 10.3 Å². The fourth-order valence-corrected chi connectivity index (χ4v) is 5.95. The minimum atomic E-state index is -0.859. The first-order valence-corrected chi connectivity index (χ1v) is 10.3. The van der Waals surface area contributed by atoms with Gasteiger partial charge in [-0.15, -0.1) is 23.4 Å². The Morgan fingerprint density at radius 1 is 1.18 bits per heavy atom. The standard InChI is InChI=1S/C21H19ClN2O3S/c1-13-2-6-16(7-3-13)23-20(25)21(15-5-4-14(12-15)19(21)22)28-18-10-8-17(9-11-18)24(26)27/h2-11,14-15,19H,12H2,1H3,(H,23,25)/t14-,15+,19+,21-/m0/s1. The maximum atomic E-state index is 13.4. The first kappa shape index (κ1) is 19.0. The van der Waals surface area contributed by atoms with E-state index >= 15 is 0 Å². The molecule has 2 aromatic rings. The lowest BCUT2D eigenvalue weighted by atomic mass is 9.90. The van der Waals surface area contributed by atoms with Crippen LogP contribution < -0.4 is 5.32 Å². The highest BCUT2D eigenvalue weighted by molar-refractivity contribution is 8.01. The predicted octanol–water partition coefficient (Wildman–Crippen LogP) is 5.19. The number of thioether (sulfide) groups is 1. The number of nitro groups is 1. The molecule has 0 unspecified atom stereocenters. The van der Waals surface area contributed by atoms with Gasteiger partial charge in [0, 0.05) is 28.6 Å². The van der Waals surface area contributed by atoms with Crippen molar-refractivity contribution in [2.24, 2.45) is 11.8 Å². The number of aryl methyl sites for hydroxylation is 1. The topological polar surface area (TPSA) is 72.2 Å². The molecule has 0 heterocycles. The van der Waals surface area contributed by atoms with E-state index in [1.54, 1.807) is 12.1 Å². The summed E-state index contributed by atoms with van der Waals surface area (Å²) in [5, 5.41) is 13.6. The number of nitrogens with zero attached hydrogens (tertiary/aromatic N) is 1. The van der Waals surface area contributed by atoms with Crippen molar-refractivity contribution in [3.63, 3.8) is 0 Å². The highest BCUT2D eigenvalue weighted by Gasteiger charge is 2.60. The minimum Gasteiger partial charge on any atom is -0.325 e. The maximum Gasteiger partial charge on any atom is 0.269 e. The number of alkyl halides is 1. The van der Waals surface area contributed by atoms with Gasteiger partial charge in [0.15, 0.2) is 0 Å². The summed E-state index contributed by atoms with van der Waals surface area (Å²) >= 11 is 8.21. The largest absolute Gasteiger partial charge is 0.325 e. The van der Waals surface area contributed by atoms with Crippen LogP contribution in [-0.4, -0.2) is 21.0 Å². The number of fused-ring (bicyclic) bond motifs is 2. The van der Waals surface area contributed by atoms with Crippen LogP contribution in [0.15, 0.2) is 65.6 Å². The number of carbonyl (C=O) groups excluding carboxylic acids is 1. The number of hydrogen-bond acceptors (Lipinski definition) is 4. The van der Waals surface area contributed by atoms with Gasteiger partial charge >= 0.3 is 0 Å². The van der Waals surface area contributed by atoms with E-state index in [1.807, 2.05) is 31.2 Å². The molecule has 5 nitrogen and oxygen atoms in total. The van der Waals surface area contributed by atoms with Crippen LogP contribution in [0.1, 0.15) is 12.0 Å². The van der Waals surface area contributed by atoms with Crippen LogP contribution in [0.5, 0.6) is 0 Å². The van der Waals surface area contributed by atoms with E-state index in [0.717, 1.165) is 22.6 Å². The van der Waals surface area contributed by atoms with Crippen LogP contribution in [0, 0.1) is 28.9 Å². The monoisotopic (exact) mass is 414 g/mol. The molecule has 0 aliphatic heterocycles. The van der Waals surface area contributed by atoms with Crippen molar-refractivity contribution in [3.05, 3.63) is 76.4 Å². The number of benzene rings is 2. The van der Waals surface area contributed by atoms with Gasteiger partial charge in [0.2, 0.25) is 5.91 Å². The molecule has 2 bridgehead atoms. The van der Waals surface area contributed by atoms with E-state index in [0.29, 0.717) is 0 Å². The summed E-state index contributed by atoms with van der Waals surface area (Å²) in [6, 6.07) is 13.9. The van der Waals surface area contributed by atoms with Gasteiger partial charge in [-0.1, -0.05) is 29.8 Å². The SMILES string of the molecule is Cc1ccc(NC(=O)[C@]2(Sc3ccc([N+](=O)[O-])cc3)[C@@H]3C=C[C@@H](C3)[C@H]2Cl)cc1. The van der Waals surface area contributed by atoms with Gasteiger partial charge in [0.1, 0.15) is 4.75 Å². The van der Waals surface area contributed by atoms with E-state index in [9.17, 15) is 14.9 Å². The second-order valence-electron chi connectivity index (χ2n) is 7.26. The number of allylic oxidation sites excluding steroid dienone is 2. The number of amides is 1. The second kappa shape index (κ2) is 7.26. The molecule has 0 radical (unpaired) electrons. The van der Waals surface area contributed by atoms with Crippen LogP contribution in [0.25, 0.3) is 0 Å². The average molecular weight is 415 g/mol. The molecular formula is C21H19ClN2O3S. The molecule has 28 heavy (non-hydrogen) atoms. The third-order valence-electron chi connectivity index (χ3n) is 5.45. The van der Waals surface area contributed by atoms with E-state index in [-0.39, 0.29) is 28.8 Å². The van der Waals surface area contributed by atoms with Crippen LogP contribution in [0.4, 0.5) is 11.4 Å². The normalized spacial score (nSPS) is 27.7.